The number of rotatable bonds is 2. The Balaban J connectivity index is 2.10. The number of benzene rings is 2. The van der Waals surface area contributed by atoms with Crippen LogP contribution in [0.3, 0.4) is 0 Å². The molecule has 1 aromatic heterocycles. The molecule has 0 amide bonds. The van der Waals surface area contributed by atoms with Gasteiger partial charge in [-0.25, -0.2) is 0 Å². The highest BCUT2D eigenvalue weighted by molar-refractivity contribution is 5.82. The molecule has 0 unspecified atom stereocenters. The number of nitrogens with zero attached hydrogens (tertiary/aromatic N) is 1. The van der Waals surface area contributed by atoms with Crippen LogP contribution < -0.4 is 9.47 Å². The highest BCUT2D eigenvalue weighted by atomic mass is 16.5. The van der Waals surface area contributed by atoms with Gasteiger partial charge in [0.2, 0.25) is 5.52 Å². The SMILES string of the molecule is [O-][n+]1ccc(Oc2ccccc2)c2ccccc21. The summed E-state index contributed by atoms with van der Waals surface area (Å²) in [5.74, 6) is 1.44. The van der Waals surface area contributed by atoms with Crippen LogP contribution in [-0.2, 0) is 0 Å². The minimum Gasteiger partial charge on any atom is -0.618 e. The Morgan fingerprint density at radius 1 is 0.833 bits per heavy atom. The summed E-state index contributed by atoms with van der Waals surface area (Å²) in [6.07, 6.45) is 1.46. The van der Waals surface area contributed by atoms with Gasteiger partial charge in [0.15, 0.2) is 6.20 Å². The first-order chi connectivity index (χ1) is 8.84. The summed E-state index contributed by atoms with van der Waals surface area (Å²) in [6, 6.07) is 18.6. The van der Waals surface area contributed by atoms with Gasteiger partial charge in [0.05, 0.1) is 5.39 Å². The summed E-state index contributed by atoms with van der Waals surface area (Å²) in [7, 11) is 0. The molecule has 0 aliphatic rings. The summed E-state index contributed by atoms with van der Waals surface area (Å²) in [5, 5.41) is 12.4. The van der Waals surface area contributed by atoms with Crippen molar-refractivity contribution in [3.8, 4) is 11.5 Å². The molecule has 3 heteroatoms. The molecule has 2 aromatic carbocycles. The van der Waals surface area contributed by atoms with E-state index in [1.54, 1.807) is 12.1 Å². The monoisotopic (exact) mass is 237 g/mol. The third-order valence-corrected chi connectivity index (χ3v) is 2.74. The molecule has 0 bridgehead atoms. The van der Waals surface area contributed by atoms with Crippen LogP contribution in [0.5, 0.6) is 11.5 Å². The van der Waals surface area contributed by atoms with E-state index in [2.05, 4.69) is 0 Å². The van der Waals surface area contributed by atoms with E-state index < -0.39 is 0 Å². The number of aromatic nitrogens is 1. The number of hydrogen-bond acceptors (Lipinski definition) is 2. The smallest absolute Gasteiger partial charge is 0.227 e. The van der Waals surface area contributed by atoms with Crippen molar-refractivity contribution in [1.82, 2.24) is 0 Å². The van der Waals surface area contributed by atoms with E-state index in [-0.39, 0.29) is 0 Å². The largest absolute Gasteiger partial charge is 0.618 e. The molecule has 0 atom stereocenters. The average Bonchev–Trinajstić information content (AvgIpc) is 2.44. The van der Waals surface area contributed by atoms with E-state index in [1.807, 2.05) is 48.5 Å². The van der Waals surface area contributed by atoms with Gasteiger partial charge in [-0.2, -0.15) is 4.73 Å². The maximum atomic E-state index is 11.6. The molecule has 0 saturated heterocycles. The van der Waals surface area contributed by atoms with Crippen LogP contribution in [0.1, 0.15) is 0 Å². The quantitative estimate of drug-likeness (QED) is 0.506. The minimum absolute atomic E-state index is 0.603. The molecule has 18 heavy (non-hydrogen) atoms. The van der Waals surface area contributed by atoms with E-state index in [9.17, 15) is 5.21 Å². The fourth-order valence-corrected chi connectivity index (χ4v) is 1.88. The van der Waals surface area contributed by atoms with Crippen LogP contribution in [0.25, 0.3) is 10.9 Å². The highest BCUT2D eigenvalue weighted by Gasteiger charge is 2.09. The van der Waals surface area contributed by atoms with Crippen molar-refractivity contribution in [2.24, 2.45) is 0 Å². The van der Waals surface area contributed by atoms with E-state index in [4.69, 9.17) is 4.74 Å². The second kappa shape index (κ2) is 4.37. The standard InChI is InChI=1S/C15H11NO2/c17-16-11-10-15(13-8-4-5-9-14(13)16)18-12-6-2-1-3-7-12/h1-11H. The first kappa shape index (κ1) is 10.6. The second-order valence-electron chi connectivity index (χ2n) is 3.94. The average molecular weight is 237 g/mol. The van der Waals surface area contributed by atoms with E-state index in [1.165, 1.54) is 6.20 Å². The van der Waals surface area contributed by atoms with Gasteiger partial charge in [0.25, 0.3) is 0 Å². The van der Waals surface area contributed by atoms with Crippen molar-refractivity contribution in [2.75, 3.05) is 0 Å². The van der Waals surface area contributed by atoms with Gasteiger partial charge < -0.3 is 9.94 Å². The third-order valence-electron chi connectivity index (χ3n) is 2.74. The zero-order chi connectivity index (χ0) is 12.4. The lowest BCUT2D eigenvalue weighted by Gasteiger charge is -2.08. The van der Waals surface area contributed by atoms with Crippen LogP contribution in [-0.4, -0.2) is 0 Å². The van der Waals surface area contributed by atoms with Crippen molar-refractivity contribution in [3.63, 3.8) is 0 Å². The number of pyridine rings is 1. The molecule has 0 radical (unpaired) electrons. The topological polar surface area (TPSA) is 36.2 Å². The van der Waals surface area contributed by atoms with Gasteiger partial charge in [-0.1, -0.05) is 30.3 Å². The molecular weight excluding hydrogens is 226 g/mol. The number of ether oxygens (including phenoxy) is 1. The molecule has 3 nitrogen and oxygen atoms in total. The van der Waals surface area contributed by atoms with Crippen LogP contribution in [0.4, 0.5) is 0 Å². The maximum Gasteiger partial charge on any atom is 0.227 e. The van der Waals surface area contributed by atoms with Crippen LogP contribution in [0.2, 0.25) is 0 Å². The Morgan fingerprint density at radius 3 is 2.39 bits per heavy atom. The second-order valence-corrected chi connectivity index (χ2v) is 3.94. The number of hydrogen-bond donors (Lipinski definition) is 0. The predicted octanol–water partition coefficient (Wildman–Crippen LogP) is 3.27. The molecule has 0 spiro atoms. The van der Waals surface area contributed by atoms with Gasteiger partial charge in [0.1, 0.15) is 11.5 Å². The Kier molecular flexibility index (Phi) is 2.57. The molecule has 0 fully saturated rings. The normalized spacial score (nSPS) is 10.4. The van der Waals surface area contributed by atoms with Crippen molar-refractivity contribution >= 4 is 10.9 Å². The molecule has 0 aliphatic heterocycles. The van der Waals surface area contributed by atoms with Gasteiger partial charge in [0, 0.05) is 12.1 Å². The van der Waals surface area contributed by atoms with E-state index >= 15 is 0 Å². The predicted molar refractivity (Wildman–Crippen MR) is 69.4 cm³/mol. The lowest BCUT2D eigenvalue weighted by Crippen LogP contribution is -2.25. The Bertz CT molecular complexity index is 680. The van der Waals surface area contributed by atoms with Gasteiger partial charge >= 0.3 is 0 Å². The Hall–Kier alpha value is -2.55. The van der Waals surface area contributed by atoms with Gasteiger partial charge in [-0.05, 0) is 18.2 Å². The maximum absolute atomic E-state index is 11.6. The van der Waals surface area contributed by atoms with Gasteiger partial charge in [-0.15, -0.1) is 0 Å². The number of fused-ring (bicyclic) bond motifs is 1. The van der Waals surface area contributed by atoms with Crippen molar-refractivity contribution in [1.29, 1.82) is 0 Å². The highest BCUT2D eigenvalue weighted by Crippen LogP contribution is 2.27. The number of para-hydroxylation sites is 2. The van der Waals surface area contributed by atoms with Crippen molar-refractivity contribution < 1.29 is 9.47 Å². The van der Waals surface area contributed by atoms with E-state index in [0.29, 0.717) is 11.3 Å². The molecular formula is C15H11NO2. The zero-order valence-electron chi connectivity index (χ0n) is 9.61. The molecule has 3 rings (SSSR count). The molecule has 3 aromatic rings. The van der Waals surface area contributed by atoms with Crippen LogP contribution in [0, 0.1) is 5.21 Å². The van der Waals surface area contributed by atoms with Crippen LogP contribution in [0.15, 0.2) is 66.9 Å². The van der Waals surface area contributed by atoms with Crippen molar-refractivity contribution in [2.45, 2.75) is 0 Å². The molecule has 88 valence electrons. The third kappa shape index (κ3) is 1.86. The fourth-order valence-electron chi connectivity index (χ4n) is 1.88. The summed E-state index contributed by atoms with van der Waals surface area (Å²) >= 11 is 0. The van der Waals surface area contributed by atoms with Gasteiger partial charge in [-0.3, -0.25) is 0 Å². The first-order valence-electron chi connectivity index (χ1n) is 5.68. The molecule has 0 saturated carbocycles. The Labute approximate surface area is 104 Å². The first-order valence-corrected chi connectivity index (χ1v) is 5.68. The molecule has 0 N–H and O–H groups in total. The lowest BCUT2D eigenvalue weighted by atomic mass is 10.2. The summed E-state index contributed by atoms with van der Waals surface area (Å²) in [5.41, 5.74) is 0.603. The summed E-state index contributed by atoms with van der Waals surface area (Å²) < 4.78 is 6.63. The zero-order valence-corrected chi connectivity index (χ0v) is 9.61. The fraction of sp³-hybridized carbons (Fsp3) is 0. The van der Waals surface area contributed by atoms with Crippen molar-refractivity contribution in [3.05, 3.63) is 72.1 Å². The minimum atomic E-state index is 0.603. The van der Waals surface area contributed by atoms with E-state index in [0.717, 1.165) is 15.9 Å². The Morgan fingerprint density at radius 2 is 1.56 bits per heavy atom. The molecule has 1 heterocycles. The lowest BCUT2D eigenvalue weighted by molar-refractivity contribution is -0.577. The summed E-state index contributed by atoms with van der Waals surface area (Å²) in [4.78, 5) is 0. The molecule has 0 aliphatic carbocycles. The van der Waals surface area contributed by atoms with Crippen LogP contribution >= 0.6 is 0 Å². The summed E-state index contributed by atoms with van der Waals surface area (Å²) in [6.45, 7) is 0.